The van der Waals surface area contributed by atoms with Crippen molar-refractivity contribution in [3.63, 3.8) is 0 Å². The number of nitrogens with zero attached hydrogens (tertiary/aromatic N) is 3. The van der Waals surface area contributed by atoms with E-state index in [1.807, 2.05) is 73.9 Å². The van der Waals surface area contributed by atoms with Gasteiger partial charge in [-0.25, -0.2) is 0 Å². The number of rotatable bonds is 9. The van der Waals surface area contributed by atoms with Gasteiger partial charge in [-0.2, -0.15) is 10.4 Å². The monoisotopic (exact) mass is 465 g/mol. The molecule has 0 spiro atoms. The fourth-order valence-corrected chi connectivity index (χ4v) is 3.86. The second kappa shape index (κ2) is 11.1. The molecule has 0 bridgehead atoms. The number of benzene rings is 3. The van der Waals surface area contributed by atoms with E-state index in [4.69, 9.17) is 10.00 Å². The number of methoxy groups -OCH3 is 1. The number of aromatic nitrogens is 2. The fourth-order valence-electron chi connectivity index (χ4n) is 3.86. The highest BCUT2D eigenvalue weighted by Crippen LogP contribution is 2.31. The van der Waals surface area contributed by atoms with Gasteiger partial charge >= 0.3 is 0 Å². The van der Waals surface area contributed by atoms with Crippen LogP contribution in [0.5, 0.6) is 5.75 Å². The lowest BCUT2D eigenvalue weighted by Crippen LogP contribution is -2.34. The number of aryl methyl sites for hydroxylation is 1. The van der Waals surface area contributed by atoms with Crippen molar-refractivity contribution in [3.05, 3.63) is 102 Å². The molecule has 2 N–H and O–H groups in total. The normalized spacial score (nSPS) is 11.5. The number of nitriles is 1. The van der Waals surface area contributed by atoms with E-state index in [1.165, 1.54) is 0 Å². The number of amides is 1. The number of carbonyl (C=O) groups excluding carboxylic acids is 1. The highest BCUT2D eigenvalue weighted by atomic mass is 16.5. The Kier molecular flexibility index (Phi) is 7.56. The summed E-state index contributed by atoms with van der Waals surface area (Å²) in [5.41, 5.74) is 5.11. The predicted octanol–water partition coefficient (Wildman–Crippen LogP) is 4.48. The zero-order valence-corrected chi connectivity index (χ0v) is 19.7. The van der Waals surface area contributed by atoms with Gasteiger partial charge in [0.25, 0.3) is 0 Å². The summed E-state index contributed by atoms with van der Waals surface area (Å²) in [4.78, 5) is 13.4. The quantitative estimate of drug-likeness (QED) is 0.380. The average molecular weight is 466 g/mol. The molecule has 1 heterocycles. The van der Waals surface area contributed by atoms with Gasteiger partial charge in [0.15, 0.2) is 0 Å². The van der Waals surface area contributed by atoms with Gasteiger partial charge in [-0.15, -0.1) is 0 Å². The molecule has 0 aliphatic carbocycles. The average Bonchev–Trinajstić information content (AvgIpc) is 3.33. The van der Waals surface area contributed by atoms with Crippen LogP contribution in [0.3, 0.4) is 0 Å². The van der Waals surface area contributed by atoms with E-state index in [9.17, 15) is 4.79 Å². The molecule has 4 rings (SSSR count). The SMILES string of the molecule is COc1cc(-c2cnn(C)c2)ccc1NC(=O)[C@@H](NCCc1ccc(C#N)cc1)c1ccccc1. The topological polar surface area (TPSA) is 92.0 Å². The number of hydrogen-bond donors (Lipinski definition) is 2. The minimum absolute atomic E-state index is 0.177. The molecule has 7 heteroatoms. The number of anilines is 1. The van der Waals surface area contributed by atoms with Crippen molar-refractivity contribution in [2.45, 2.75) is 12.5 Å². The van der Waals surface area contributed by atoms with Crippen molar-refractivity contribution in [1.82, 2.24) is 15.1 Å². The Morgan fingerprint density at radius 3 is 2.51 bits per heavy atom. The van der Waals surface area contributed by atoms with E-state index in [0.717, 1.165) is 28.7 Å². The largest absolute Gasteiger partial charge is 0.495 e. The molecule has 0 fully saturated rings. The lowest BCUT2D eigenvalue weighted by molar-refractivity contribution is -0.118. The third-order valence-electron chi connectivity index (χ3n) is 5.74. The van der Waals surface area contributed by atoms with Gasteiger partial charge in [-0.1, -0.05) is 48.5 Å². The van der Waals surface area contributed by atoms with Crippen LogP contribution in [-0.2, 0) is 18.3 Å². The smallest absolute Gasteiger partial charge is 0.246 e. The molecular formula is C28H27N5O2. The fraction of sp³-hybridized carbons (Fsp3) is 0.179. The first-order valence-electron chi connectivity index (χ1n) is 11.3. The van der Waals surface area contributed by atoms with Gasteiger partial charge in [0.2, 0.25) is 5.91 Å². The van der Waals surface area contributed by atoms with Gasteiger partial charge in [0.1, 0.15) is 11.8 Å². The first kappa shape index (κ1) is 23.7. The maximum Gasteiger partial charge on any atom is 0.246 e. The van der Waals surface area contributed by atoms with Crippen LogP contribution < -0.4 is 15.4 Å². The molecule has 1 aromatic heterocycles. The Morgan fingerprint density at radius 1 is 1.09 bits per heavy atom. The van der Waals surface area contributed by atoms with E-state index < -0.39 is 6.04 Å². The molecule has 0 unspecified atom stereocenters. The number of hydrogen-bond acceptors (Lipinski definition) is 5. The summed E-state index contributed by atoms with van der Waals surface area (Å²) in [6.07, 6.45) is 4.44. The van der Waals surface area contributed by atoms with E-state index in [-0.39, 0.29) is 5.91 Å². The molecule has 1 atom stereocenters. The van der Waals surface area contributed by atoms with E-state index in [1.54, 1.807) is 30.1 Å². The van der Waals surface area contributed by atoms with Crippen LogP contribution in [0.15, 0.2) is 85.2 Å². The van der Waals surface area contributed by atoms with E-state index in [0.29, 0.717) is 23.5 Å². The van der Waals surface area contributed by atoms with Crippen molar-refractivity contribution >= 4 is 11.6 Å². The van der Waals surface area contributed by atoms with Crippen LogP contribution in [0.4, 0.5) is 5.69 Å². The summed E-state index contributed by atoms with van der Waals surface area (Å²) in [5, 5.41) is 19.6. The number of carbonyl (C=O) groups is 1. The highest BCUT2D eigenvalue weighted by Gasteiger charge is 2.21. The Balaban J connectivity index is 1.49. The van der Waals surface area contributed by atoms with Crippen LogP contribution >= 0.6 is 0 Å². The molecule has 7 nitrogen and oxygen atoms in total. The maximum absolute atomic E-state index is 13.4. The van der Waals surface area contributed by atoms with Crippen LogP contribution in [-0.4, -0.2) is 29.3 Å². The zero-order chi connectivity index (χ0) is 24.6. The van der Waals surface area contributed by atoms with Crippen LogP contribution in [0.25, 0.3) is 11.1 Å². The van der Waals surface area contributed by atoms with Gasteiger partial charge < -0.3 is 15.4 Å². The third kappa shape index (κ3) is 5.94. The van der Waals surface area contributed by atoms with Crippen molar-refractivity contribution in [2.75, 3.05) is 19.0 Å². The summed E-state index contributed by atoms with van der Waals surface area (Å²) < 4.78 is 7.31. The summed E-state index contributed by atoms with van der Waals surface area (Å²) >= 11 is 0. The lowest BCUT2D eigenvalue weighted by atomic mass is 10.0. The Bertz CT molecular complexity index is 1320. The zero-order valence-electron chi connectivity index (χ0n) is 19.7. The Morgan fingerprint density at radius 2 is 1.86 bits per heavy atom. The van der Waals surface area contributed by atoms with Gasteiger partial charge in [0.05, 0.1) is 30.6 Å². The Hall–Kier alpha value is -4.41. The molecule has 1 amide bonds. The summed E-state index contributed by atoms with van der Waals surface area (Å²) in [7, 11) is 3.45. The molecule has 0 aliphatic heterocycles. The minimum Gasteiger partial charge on any atom is -0.495 e. The summed E-state index contributed by atoms with van der Waals surface area (Å²) in [6.45, 7) is 0.593. The summed E-state index contributed by atoms with van der Waals surface area (Å²) in [5.74, 6) is 0.396. The second-order valence-electron chi connectivity index (χ2n) is 8.16. The predicted molar refractivity (Wildman–Crippen MR) is 136 cm³/mol. The molecule has 0 saturated carbocycles. The highest BCUT2D eigenvalue weighted by molar-refractivity contribution is 5.97. The maximum atomic E-state index is 13.4. The number of ether oxygens (including phenoxy) is 1. The van der Waals surface area contributed by atoms with Crippen molar-refractivity contribution in [3.8, 4) is 22.9 Å². The first-order chi connectivity index (χ1) is 17.1. The first-order valence-corrected chi connectivity index (χ1v) is 11.3. The molecule has 176 valence electrons. The minimum atomic E-state index is -0.544. The summed E-state index contributed by atoms with van der Waals surface area (Å²) in [6, 6.07) is 24.4. The van der Waals surface area contributed by atoms with E-state index in [2.05, 4.69) is 21.8 Å². The van der Waals surface area contributed by atoms with E-state index >= 15 is 0 Å². The molecule has 0 saturated heterocycles. The molecule has 0 aliphatic rings. The molecule has 4 aromatic rings. The van der Waals surface area contributed by atoms with Crippen LogP contribution in [0.2, 0.25) is 0 Å². The third-order valence-corrected chi connectivity index (χ3v) is 5.74. The Labute approximate surface area is 205 Å². The van der Waals surface area contributed by atoms with Gasteiger partial charge in [-0.05, 0) is 47.4 Å². The van der Waals surface area contributed by atoms with Crippen molar-refractivity contribution in [2.24, 2.45) is 7.05 Å². The molecule has 35 heavy (non-hydrogen) atoms. The lowest BCUT2D eigenvalue weighted by Gasteiger charge is -2.20. The van der Waals surface area contributed by atoms with Crippen molar-refractivity contribution in [1.29, 1.82) is 5.26 Å². The molecule has 0 radical (unpaired) electrons. The van der Waals surface area contributed by atoms with Crippen molar-refractivity contribution < 1.29 is 9.53 Å². The van der Waals surface area contributed by atoms with Crippen LogP contribution in [0.1, 0.15) is 22.7 Å². The molecular weight excluding hydrogens is 438 g/mol. The second-order valence-corrected chi connectivity index (χ2v) is 8.16. The standard InChI is InChI=1S/C28H27N5O2/c1-33-19-24(18-31-33)23-12-13-25(26(16-23)35-2)32-28(34)27(22-6-4-3-5-7-22)30-15-14-20-8-10-21(17-29)11-9-20/h3-13,16,18-19,27,30H,14-15H2,1-2H3,(H,32,34)/t27-/m0/s1. The molecule has 3 aromatic carbocycles. The van der Waals surface area contributed by atoms with Gasteiger partial charge in [0, 0.05) is 25.4 Å². The number of nitrogens with one attached hydrogen (secondary N) is 2. The van der Waals surface area contributed by atoms with Crippen LogP contribution in [0, 0.1) is 11.3 Å². The van der Waals surface area contributed by atoms with Gasteiger partial charge in [-0.3, -0.25) is 9.48 Å².